The Morgan fingerprint density at radius 2 is 1.80 bits per heavy atom. The third-order valence-corrected chi connectivity index (χ3v) is 3.37. The molecule has 0 atom stereocenters. The van der Waals surface area contributed by atoms with Crippen molar-refractivity contribution in [1.82, 2.24) is 4.98 Å². The third kappa shape index (κ3) is 2.46. The van der Waals surface area contributed by atoms with Gasteiger partial charge in [0, 0.05) is 11.0 Å². The molecule has 1 heterocycles. The van der Waals surface area contributed by atoms with E-state index in [1.54, 1.807) is 6.07 Å². The van der Waals surface area contributed by atoms with Gasteiger partial charge >= 0.3 is 6.18 Å². The van der Waals surface area contributed by atoms with Gasteiger partial charge in [-0.25, -0.2) is 4.98 Å². The molecule has 4 heteroatoms. The van der Waals surface area contributed by atoms with E-state index in [4.69, 9.17) is 0 Å². The molecule has 1 aliphatic rings. The standard InChI is InChI=1S/C16H12F3N/c17-16(18,19)13-6-3-5-12(10-13)15-9-8-11-4-1-2-7-14(11)20-15/h1-2,4-5,7-10H,3,6H2. The summed E-state index contributed by atoms with van der Waals surface area (Å²) < 4.78 is 38.3. The molecule has 0 saturated carbocycles. The summed E-state index contributed by atoms with van der Waals surface area (Å²) in [6.45, 7) is 0. The third-order valence-electron chi connectivity index (χ3n) is 3.37. The molecule has 0 aliphatic heterocycles. The Hall–Kier alpha value is -2.10. The van der Waals surface area contributed by atoms with Gasteiger partial charge in [-0.15, -0.1) is 0 Å². The second-order valence-corrected chi connectivity index (χ2v) is 4.75. The first-order valence-electron chi connectivity index (χ1n) is 6.38. The lowest BCUT2D eigenvalue weighted by atomic mass is 9.96. The van der Waals surface area contributed by atoms with E-state index in [9.17, 15) is 13.2 Å². The Balaban J connectivity index is 2.03. The molecule has 0 radical (unpaired) electrons. The highest BCUT2D eigenvalue weighted by Gasteiger charge is 2.34. The maximum Gasteiger partial charge on any atom is 0.412 e. The highest BCUT2D eigenvalue weighted by atomic mass is 19.4. The zero-order chi connectivity index (χ0) is 14.2. The minimum atomic E-state index is -4.25. The van der Waals surface area contributed by atoms with Crippen LogP contribution in [-0.2, 0) is 0 Å². The average molecular weight is 275 g/mol. The van der Waals surface area contributed by atoms with Gasteiger partial charge in [-0.2, -0.15) is 13.2 Å². The van der Waals surface area contributed by atoms with Crippen molar-refractivity contribution in [2.75, 3.05) is 0 Å². The first kappa shape index (κ1) is 12.9. The van der Waals surface area contributed by atoms with Gasteiger partial charge < -0.3 is 0 Å². The Kier molecular flexibility index (Phi) is 3.08. The molecule has 2 aromatic rings. The molecule has 20 heavy (non-hydrogen) atoms. The highest BCUT2D eigenvalue weighted by molar-refractivity contribution is 5.83. The highest BCUT2D eigenvalue weighted by Crippen LogP contribution is 2.35. The first-order chi connectivity index (χ1) is 9.54. The maximum atomic E-state index is 12.8. The molecule has 3 rings (SSSR count). The molecular weight excluding hydrogens is 263 g/mol. The smallest absolute Gasteiger partial charge is 0.248 e. The summed E-state index contributed by atoms with van der Waals surface area (Å²) in [5.41, 5.74) is 1.45. The Morgan fingerprint density at radius 3 is 2.60 bits per heavy atom. The van der Waals surface area contributed by atoms with Crippen molar-refractivity contribution in [3.05, 3.63) is 59.8 Å². The molecular formula is C16H12F3N. The van der Waals surface area contributed by atoms with Crippen LogP contribution in [0.15, 0.2) is 54.1 Å². The fourth-order valence-corrected chi connectivity index (χ4v) is 2.33. The van der Waals surface area contributed by atoms with E-state index in [0.29, 0.717) is 17.7 Å². The molecule has 0 unspecified atom stereocenters. The zero-order valence-corrected chi connectivity index (χ0v) is 10.6. The average Bonchev–Trinajstić information content (AvgIpc) is 2.46. The van der Waals surface area contributed by atoms with Crippen molar-refractivity contribution in [2.24, 2.45) is 0 Å². The monoisotopic (exact) mass is 275 g/mol. The largest absolute Gasteiger partial charge is 0.412 e. The van der Waals surface area contributed by atoms with Crippen LogP contribution in [0.4, 0.5) is 13.2 Å². The number of hydrogen-bond donors (Lipinski definition) is 0. The van der Waals surface area contributed by atoms with Crippen molar-refractivity contribution in [3.8, 4) is 0 Å². The predicted molar refractivity (Wildman–Crippen MR) is 73.1 cm³/mol. The number of aromatic nitrogens is 1. The number of benzene rings is 1. The Morgan fingerprint density at radius 1 is 1.00 bits per heavy atom. The zero-order valence-electron chi connectivity index (χ0n) is 10.6. The fourth-order valence-electron chi connectivity index (χ4n) is 2.33. The van der Waals surface area contributed by atoms with E-state index < -0.39 is 11.7 Å². The number of nitrogens with zero attached hydrogens (tertiary/aromatic N) is 1. The number of halogens is 3. The van der Waals surface area contributed by atoms with Gasteiger partial charge in [0.25, 0.3) is 0 Å². The lowest BCUT2D eigenvalue weighted by Crippen LogP contribution is -2.13. The van der Waals surface area contributed by atoms with Crippen LogP contribution in [-0.4, -0.2) is 11.2 Å². The maximum absolute atomic E-state index is 12.8. The summed E-state index contributed by atoms with van der Waals surface area (Å²) in [6.07, 6.45) is -0.793. The number of para-hydroxylation sites is 1. The summed E-state index contributed by atoms with van der Waals surface area (Å²) in [6, 6.07) is 11.2. The number of allylic oxidation sites excluding steroid dienone is 4. The number of hydrogen-bond acceptors (Lipinski definition) is 1. The summed E-state index contributed by atoms with van der Waals surface area (Å²) in [5.74, 6) is 0. The minimum Gasteiger partial charge on any atom is -0.248 e. The lowest BCUT2D eigenvalue weighted by molar-refractivity contribution is -0.0939. The molecule has 1 aromatic carbocycles. The van der Waals surface area contributed by atoms with Gasteiger partial charge in [0.2, 0.25) is 0 Å². The molecule has 0 spiro atoms. The molecule has 1 aromatic heterocycles. The van der Waals surface area contributed by atoms with Crippen molar-refractivity contribution in [1.29, 1.82) is 0 Å². The number of pyridine rings is 1. The van der Waals surface area contributed by atoms with Crippen molar-refractivity contribution in [2.45, 2.75) is 19.0 Å². The molecule has 1 nitrogen and oxygen atoms in total. The minimum absolute atomic E-state index is 0.0422. The SMILES string of the molecule is FC(F)(F)C1=CC(c2ccc3ccccc3n2)=CCC1. The van der Waals surface area contributed by atoms with Crippen molar-refractivity contribution >= 4 is 16.5 Å². The summed E-state index contributed by atoms with van der Waals surface area (Å²) in [4.78, 5) is 4.44. The van der Waals surface area contributed by atoms with Crippen LogP contribution in [0.25, 0.3) is 16.5 Å². The normalized spacial score (nSPS) is 15.9. The number of fused-ring (bicyclic) bond motifs is 1. The molecule has 0 saturated heterocycles. The van der Waals surface area contributed by atoms with Crippen LogP contribution < -0.4 is 0 Å². The van der Waals surface area contributed by atoms with Crippen molar-refractivity contribution in [3.63, 3.8) is 0 Å². The van der Waals surface area contributed by atoms with E-state index in [1.165, 1.54) is 6.08 Å². The van der Waals surface area contributed by atoms with Crippen LogP contribution >= 0.6 is 0 Å². The number of rotatable bonds is 1. The van der Waals surface area contributed by atoms with Crippen LogP contribution in [0, 0.1) is 0 Å². The quantitative estimate of drug-likeness (QED) is 0.721. The van der Waals surface area contributed by atoms with E-state index in [-0.39, 0.29) is 6.42 Å². The van der Waals surface area contributed by atoms with Crippen LogP contribution in [0.2, 0.25) is 0 Å². The van der Waals surface area contributed by atoms with E-state index in [0.717, 1.165) is 10.9 Å². The van der Waals surface area contributed by atoms with Gasteiger partial charge in [-0.05, 0) is 36.6 Å². The fraction of sp³-hybridized carbons (Fsp3) is 0.188. The first-order valence-corrected chi connectivity index (χ1v) is 6.38. The van der Waals surface area contributed by atoms with E-state index in [1.807, 2.05) is 36.4 Å². The summed E-state index contributed by atoms with van der Waals surface area (Å²) in [7, 11) is 0. The second-order valence-electron chi connectivity index (χ2n) is 4.75. The molecule has 1 aliphatic carbocycles. The Labute approximate surface area is 114 Å². The van der Waals surface area contributed by atoms with Crippen LogP contribution in [0.5, 0.6) is 0 Å². The molecule has 102 valence electrons. The topological polar surface area (TPSA) is 12.9 Å². The molecule has 0 N–H and O–H groups in total. The second kappa shape index (κ2) is 4.78. The van der Waals surface area contributed by atoms with Crippen LogP contribution in [0.1, 0.15) is 18.5 Å². The predicted octanol–water partition coefficient (Wildman–Crippen LogP) is 4.90. The lowest BCUT2D eigenvalue weighted by Gasteiger charge is -2.16. The summed E-state index contributed by atoms with van der Waals surface area (Å²) in [5, 5.41) is 0.979. The van der Waals surface area contributed by atoms with Gasteiger partial charge in [-0.3, -0.25) is 0 Å². The number of alkyl halides is 3. The van der Waals surface area contributed by atoms with Gasteiger partial charge in [0.05, 0.1) is 11.2 Å². The molecule has 0 amide bonds. The molecule has 0 bridgehead atoms. The van der Waals surface area contributed by atoms with Crippen LogP contribution in [0.3, 0.4) is 0 Å². The van der Waals surface area contributed by atoms with Crippen molar-refractivity contribution < 1.29 is 13.2 Å². The summed E-state index contributed by atoms with van der Waals surface area (Å²) >= 11 is 0. The van der Waals surface area contributed by atoms with Gasteiger partial charge in [0.15, 0.2) is 0 Å². The molecule has 0 fully saturated rings. The van der Waals surface area contributed by atoms with Gasteiger partial charge in [-0.1, -0.05) is 30.3 Å². The van der Waals surface area contributed by atoms with E-state index in [2.05, 4.69) is 4.98 Å². The van der Waals surface area contributed by atoms with E-state index >= 15 is 0 Å². The van der Waals surface area contributed by atoms with Gasteiger partial charge in [0.1, 0.15) is 0 Å². The Bertz CT molecular complexity index is 711.